The fourth-order valence-electron chi connectivity index (χ4n) is 2.76. The molecule has 1 aliphatic rings. The van der Waals surface area contributed by atoms with Crippen molar-refractivity contribution in [1.29, 1.82) is 0 Å². The zero-order chi connectivity index (χ0) is 18.7. The first-order chi connectivity index (χ1) is 12.5. The van der Waals surface area contributed by atoms with Crippen LogP contribution in [0, 0.1) is 0 Å². The Bertz CT molecular complexity index is 833. The van der Waals surface area contributed by atoms with Gasteiger partial charge in [-0.05, 0) is 26.0 Å². The molecular formula is C17H19N2O6P. The lowest BCUT2D eigenvalue weighted by molar-refractivity contribution is 0.0628. The summed E-state index contributed by atoms with van der Waals surface area (Å²) >= 11 is 0. The summed E-state index contributed by atoms with van der Waals surface area (Å²) in [5.41, 5.74) is 1.12. The van der Waals surface area contributed by atoms with E-state index in [1.54, 1.807) is 44.2 Å². The standard InChI is InChI=1S/C17H19N2O6P/c1-3-23-26(22,24-4-2)11-12-9-13(25-18-12)10-19-16(20)14-7-5-6-8-15(14)17(19)21/h5-9H,3-4,10-11H2,1-2H3. The molecule has 9 heteroatoms. The third-order valence-corrected chi connectivity index (χ3v) is 5.82. The molecule has 138 valence electrons. The molecule has 8 nitrogen and oxygen atoms in total. The van der Waals surface area contributed by atoms with Gasteiger partial charge in [0.1, 0.15) is 0 Å². The number of fused-ring (bicyclic) bond motifs is 1. The second-order valence-corrected chi connectivity index (χ2v) is 7.69. The van der Waals surface area contributed by atoms with Crippen molar-refractivity contribution < 1.29 is 27.7 Å². The highest BCUT2D eigenvalue weighted by Crippen LogP contribution is 2.51. The average Bonchev–Trinajstić information content (AvgIpc) is 3.14. The van der Waals surface area contributed by atoms with Crippen molar-refractivity contribution in [2.24, 2.45) is 0 Å². The van der Waals surface area contributed by atoms with Gasteiger partial charge in [-0.1, -0.05) is 17.3 Å². The summed E-state index contributed by atoms with van der Waals surface area (Å²) in [5, 5.41) is 3.85. The minimum absolute atomic E-state index is 0.0414. The molecule has 0 saturated heterocycles. The molecule has 1 aromatic carbocycles. The zero-order valence-electron chi connectivity index (χ0n) is 14.5. The van der Waals surface area contributed by atoms with Crippen LogP contribution in [0.3, 0.4) is 0 Å². The maximum Gasteiger partial charge on any atom is 0.336 e. The molecule has 0 atom stereocenters. The normalized spacial score (nSPS) is 14.2. The molecule has 26 heavy (non-hydrogen) atoms. The third-order valence-electron chi connectivity index (χ3n) is 3.81. The van der Waals surface area contributed by atoms with Crippen LogP contribution >= 0.6 is 7.60 Å². The Morgan fingerprint density at radius 2 is 1.65 bits per heavy atom. The van der Waals surface area contributed by atoms with E-state index in [9.17, 15) is 14.2 Å². The van der Waals surface area contributed by atoms with E-state index in [0.29, 0.717) is 22.6 Å². The highest BCUT2D eigenvalue weighted by atomic mass is 31.2. The van der Waals surface area contributed by atoms with Crippen LogP contribution in [0.5, 0.6) is 0 Å². The highest BCUT2D eigenvalue weighted by molar-refractivity contribution is 7.53. The second kappa shape index (κ2) is 7.53. The van der Waals surface area contributed by atoms with E-state index in [4.69, 9.17) is 13.6 Å². The van der Waals surface area contributed by atoms with Gasteiger partial charge in [0.2, 0.25) is 0 Å². The lowest BCUT2D eigenvalue weighted by Crippen LogP contribution is -2.28. The summed E-state index contributed by atoms with van der Waals surface area (Å²) in [5.74, 6) is -0.440. The Labute approximate surface area is 150 Å². The summed E-state index contributed by atoms with van der Waals surface area (Å²) in [7, 11) is -3.31. The lowest BCUT2D eigenvalue weighted by Gasteiger charge is -2.15. The number of imide groups is 1. The third kappa shape index (κ3) is 3.62. The molecule has 2 heterocycles. The molecule has 0 spiro atoms. The Balaban J connectivity index is 1.73. The molecule has 0 unspecified atom stereocenters. The molecule has 0 fully saturated rings. The first kappa shape index (κ1) is 18.5. The number of benzene rings is 1. The largest absolute Gasteiger partial charge is 0.359 e. The van der Waals surface area contributed by atoms with E-state index >= 15 is 0 Å². The molecule has 2 amide bonds. The molecule has 0 aliphatic carbocycles. The van der Waals surface area contributed by atoms with Gasteiger partial charge in [-0.25, -0.2) is 0 Å². The summed E-state index contributed by atoms with van der Waals surface area (Å²) in [6, 6.07) is 8.19. The maximum absolute atomic E-state index is 12.5. The minimum atomic E-state index is -3.31. The Morgan fingerprint density at radius 1 is 1.08 bits per heavy atom. The van der Waals surface area contributed by atoms with Crippen molar-refractivity contribution in [3.05, 3.63) is 52.9 Å². The van der Waals surface area contributed by atoms with Crippen LogP contribution in [-0.2, 0) is 26.3 Å². The minimum Gasteiger partial charge on any atom is -0.359 e. The van der Waals surface area contributed by atoms with Gasteiger partial charge >= 0.3 is 7.60 Å². The van der Waals surface area contributed by atoms with Gasteiger partial charge in [-0.3, -0.25) is 19.1 Å². The number of carbonyl (C=O) groups excluding carboxylic acids is 2. The first-order valence-electron chi connectivity index (χ1n) is 8.25. The van der Waals surface area contributed by atoms with Crippen LogP contribution in [0.25, 0.3) is 0 Å². The predicted octanol–water partition coefficient (Wildman–Crippen LogP) is 3.24. The van der Waals surface area contributed by atoms with Crippen molar-refractivity contribution in [3.63, 3.8) is 0 Å². The van der Waals surface area contributed by atoms with E-state index in [2.05, 4.69) is 5.16 Å². The lowest BCUT2D eigenvalue weighted by atomic mass is 10.1. The fourth-order valence-corrected chi connectivity index (χ4v) is 4.35. The van der Waals surface area contributed by atoms with Gasteiger partial charge < -0.3 is 13.6 Å². The number of amides is 2. The SMILES string of the molecule is CCOP(=O)(Cc1cc(CN2C(=O)c3ccccc3C2=O)on1)OCC. The van der Waals surface area contributed by atoms with Gasteiger partial charge in [0, 0.05) is 6.07 Å². The van der Waals surface area contributed by atoms with Crippen molar-refractivity contribution in [3.8, 4) is 0 Å². The summed E-state index contributed by atoms with van der Waals surface area (Å²) < 4.78 is 28.2. The van der Waals surface area contributed by atoms with E-state index in [1.165, 1.54) is 0 Å². The molecular weight excluding hydrogens is 359 g/mol. The molecule has 1 aromatic heterocycles. The Morgan fingerprint density at radius 3 is 2.19 bits per heavy atom. The number of nitrogens with zero attached hydrogens (tertiary/aromatic N) is 2. The zero-order valence-corrected chi connectivity index (χ0v) is 15.4. The molecule has 0 N–H and O–H groups in total. The number of hydrogen-bond acceptors (Lipinski definition) is 7. The highest BCUT2D eigenvalue weighted by Gasteiger charge is 2.36. The van der Waals surface area contributed by atoms with Crippen LogP contribution in [0.4, 0.5) is 0 Å². The number of carbonyl (C=O) groups is 2. The van der Waals surface area contributed by atoms with E-state index in [-0.39, 0.29) is 37.7 Å². The van der Waals surface area contributed by atoms with Gasteiger partial charge in [0.25, 0.3) is 11.8 Å². The second-order valence-electron chi connectivity index (χ2n) is 5.63. The number of rotatable bonds is 8. The van der Waals surface area contributed by atoms with Gasteiger partial charge in [0.15, 0.2) is 5.76 Å². The van der Waals surface area contributed by atoms with E-state index < -0.39 is 7.60 Å². The van der Waals surface area contributed by atoms with E-state index in [1.807, 2.05) is 0 Å². The van der Waals surface area contributed by atoms with Crippen molar-refractivity contribution in [1.82, 2.24) is 10.1 Å². The predicted molar refractivity (Wildman–Crippen MR) is 91.7 cm³/mol. The van der Waals surface area contributed by atoms with Crippen molar-refractivity contribution in [2.45, 2.75) is 26.6 Å². The van der Waals surface area contributed by atoms with Crippen LogP contribution in [-0.4, -0.2) is 35.1 Å². The maximum atomic E-state index is 12.5. The molecule has 3 rings (SSSR count). The van der Waals surface area contributed by atoms with Crippen molar-refractivity contribution in [2.75, 3.05) is 13.2 Å². The average molecular weight is 378 g/mol. The van der Waals surface area contributed by atoms with Gasteiger partial charge in [0.05, 0.1) is 42.7 Å². The van der Waals surface area contributed by atoms with Crippen molar-refractivity contribution >= 4 is 19.4 Å². The quantitative estimate of drug-likeness (QED) is 0.514. The number of hydrogen-bond donors (Lipinski definition) is 0. The Kier molecular flexibility index (Phi) is 5.36. The number of aromatic nitrogens is 1. The smallest absolute Gasteiger partial charge is 0.336 e. The van der Waals surface area contributed by atoms with E-state index in [0.717, 1.165) is 4.90 Å². The summed E-state index contributed by atoms with van der Waals surface area (Å²) in [4.78, 5) is 25.8. The van der Waals surface area contributed by atoms with Gasteiger partial charge in [-0.2, -0.15) is 0 Å². The topological polar surface area (TPSA) is 98.9 Å². The van der Waals surface area contributed by atoms with Crippen LogP contribution in [0.1, 0.15) is 46.0 Å². The van der Waals surface area contributed by atoms with Crippen LogP contribution < -0.4 is 0 Å². The molecule has 0 bridgehead atoms. The van der Waals surface area contributed by atoms with Crippen LogP contribution in [0.2, 0.25) is 0 Å². The fraction of sp³-hybridized carbons (Fsp3) is 0.353. The molecule has 0 radical (unpaired) electrons. The van der Waals surface area contributed by atoms with Crippen LogP contribution in [0.15, 0.2) is 34.9 Å². The molecule has 1 aliphatic heterocycles. The summed E-state index contributed by atoms with van der Waals surface area (Å²) in [6.07, 6.45) is -0.0414. The molecule has 0 saturated carbocycles. The molecule has 2 aromatic rings. The summed E-state index contributed by atoms with van der Waals surface area (Å²) in [6.45, 7) is 3.89. The monoisotopic (exact) mass is 378 g/mol. The first-order valence-corrected chi connectivity index (χ1v) is 9.98. The Hall–Kier alpha value is -2.28. The van der Waals surface area contributed by atoms with Gasteiger partial charge in [-0.15, -0.1) is 0 Å².